The van der Waals surface area contributed by atoms with E-state index in [0.29, 0.717) is 17.6 Å². The zero-order valence-corrected chi connectivity index (χ0v) is 9.72. The Kier molecular flexibility index (Phi) is 5.13. The summed E-state index contributed by atoms with van der Waals surface area (Å²) in [6.07, 6.45) is -1.87. The molecule has 0 aliphatic rings. The number of aliphatic hydroxyl groups excluding tert-OH is 2. The molecule has 7 heteroatoms. The second-order valence-corrected chi connectivity index (χ2v) is 3.54. The fourth-order valence-corrected chi connectivity index (χ4v) is 1.47. The molecule has 0 saturated carbocycles. The zero-order valence-electron chi connectivity index (χ0n) is 9.72. The standard InChI is InChI=1S/C11H13N3O4/c1-18-10-3-2-7(4-8(10)6-15)11(17)9(16)5-13-14-12/h2-4,6,9,11,16-17H,5H2,1H3. The van der Waals surface area contributed by atoms with Crippen molar-refractivity contribution in [2.75, 3.05) is 13.7 Å². The van der Waals surface area contributed by atoms with E-state index >= 15 is 0 Å². The molecule has 0 saturated heterocycles. The summed E-state index contributed by atoms with van der Waals surface area (Å²) in [5.41, 5.74) is 8.74. The molecule has 0 radical (unpaired) electrons. The number of methoxy groups -OCH3 is 1. The van der Waals surface area contributed by atoms with Crippen molar-refractivity contribution in [2.45, 2.75) is 12.2 Å². The minimum absolute atomic E-state index is 0.250. The molecule has 0 fully saturated rings. The SMILES string of the molecule is COc1ccc(C(O)C(O)CN=[N+]=[N-])cc1C=O. The first kappa shape index (κ1) is 14.0. The van der Waals surface area contributed by atoms with Gasteiger partial charge in [-0.1, -0.05) is 11.2 Å². The maximum atomic E-state index is 10.8. The van der Waals surface area contributed by atoms with Crippen LogP contribution in [0.4, 0.5) is 0 Å². The van der Waals surface area contributed by atoms with Crippen LogP contribution >= 0.6 is 0 Å². The van der Waals surface area contributed by atoms with E-state index in [4.69, 9.17) is 10.3 Å². The lowest BCUT2D eigenvalue weighted by molar-refractivity contribution is 0.0243. The smallest absolute Gasteiger partial charge is 0.153 e. The maximum Gasteiger partial charge on any atom is 0.153 e. The Morgan fingerprint density at radius 3 is 2.83 bits per heavy atom. The molecule has 1 rings (SSSR count). The number of rotatable bonds is 6. The van der Waals surface area contributed by atoms with Gasteiger partial charge in [0.05, 0.1) is 25.3 Å². The van der Waals surface area contributed by atoms with Crippen LogP contribution in [0.1, 0.15) is 22.0 Å². The largest absolute Gasteiger partial charge is 0.496 e. The Hall–Kier alpha value is -2.08. The van der Waals surface area contributed by atoms with Crippen molar-refractivity contribution >= 4 is 6.29 Å². The van der Waals surface area contributed by atoms with Crippen LogP contribution in [0.3, 0.4) is 0 Å². The fourth-order valence-electron chi connectivity index (χ4n) is 1.47. The zero-order chi connectivity index (χ0) is 13.5. The van der Waals surface area contributed by atoms with Crippen molar-refractivity contribution in [3.05, 3.63) is 39.8 Å². The molecule has 96 valence electrons. The quantitative estimate of drug-likeness (QED) is 0.342. The van der Waals surface area contributed by atoms with Crippen molar-refractivity contribution in [1.82, 2.24) is 0 Å². The van der Waals surface area contributed by atoms with E-state index < -0.39 is 12.2 Å². The van der Waals surface area contributed by atoms with Crippen molar-refractivity contribution in [1.29, 1.82) is 0 Å². The third kappa shape index (κ3) is 3.21. The van der Waals surface area contributed by atoms with Crippen molar-refractivity contribution in [3.8, 4) is 5.75 Å². The molecule has 0 spiro atoms. The second-order valence-electron chi connectivity index (χ2n) is 3.54. The second kappa shape index (κ2) is 6.61. The first-order chi connectivity index (χ1) is 8.63. The van der Waals surface area contributed by atoms with Crippen LogP contribution in [-0.2, 0) is 0 Å². The number of aldehydes is 1. The van der Waals surface area contributed by atoms with E-state index in [9.17, 15) is 15.0 Å². The van der Waals surface area contributed by atoms with Crippen LogP contribution in [0, 0.1) is 0 Å². The van der Waals surface area contributed by atoms with Gasteiger partial charge in [0.25, 0.3) is 0 Å². The Morgan fingerprint density at radius 1 is 1.56 bits per heavy atom. The topological polar surface area (TPSA) is 116 Å². The molecule has 0 bridgehead atoms. The lowest BCUT2D eigenvalue weighted by Gasteiger charge is -2.17. The molecular formula is C11H13N3O4. The van der Waals surface area contributed by atoms with Gasteiger partial charge in [0, 0.05) is 4.91 Å². The van der Waals surface area contributed by atoms with E-state index in [1.165, 1.54) is 25.3 Å². The number of nitrogens with zero attached hydrogens (tertiary/aromatic N) is 3. The molecule has 2 unspecified atom stereocenters. The Labute approximate surface area is 103 Å². The fraction of sp³-hybridized carbons (Fsp3) is 0.364. The van der Waals surface area contributed by atoms with Gasteiger partial charge in [-0.2, -0.15) is 0 Å². The predicted octanol–water partition coefficient (Wildman–Crippen LogP) is 1.21. The van der Waals surface area contributed by atoms with Gasteiger partial charge < -0.3 is 14.9 Å². The Bertz CT molecular complexity index is 471. The molecule has 0 aliphatic heterocycles. The summed E-state index contributed by atoms with van der Waals surface area (Å²) in [6, 6.07) is 4.45. The van der Waals surface area contributed by atoms with E-state index in [0.717, 1.165) is 0 Å². The van der Waals surface area contributed by atoms with Crippen LogP contribution in [0.5, 0.6) is 5.75 Å². The van der Waals surface area contributed by atoms with Crippen molar-refractivity contribution in [2.24, 2.45) is 5.11 Å². The van der Waals surface area contributed by atoms with Crippen LogP contribution in [0.25, 0.3) is 10.4 Å². The molecule has 2 atom stereocenters. The number of aliphatic hydroxyl groups is 2. The van der Waals surface area contributed by atoms with Gasteiger partial charge in [0.15, 0.2) is 6.29 Å². The van der Waals surface area contributed by atoms with Gasteiger partial charge in [0.2, 0.25) is 0 Å². The summed E-state index contributed by atoms with van der Waals surface area (Å²) in [4.78, 5) is 13.3. The first-order valence-electron chi connectivity index (χ1n) is 5.14. The number of carbonyl (C=O) groups excluding carboxylic acids is 1. The van der Waals surface area contributed by atoms with Gasteiger partial charge >= 0.3 is 0 Å². The molecule has 1 aromatic carbocycles. The summed E-state index contributed by atoms with van der Waals surface area (Å²) in [5.74, 6) is 0.380. The first-order valence-corrected chi connectivity index (χ1v) is 5.14. The van der Waals surface area contributed by atoms with E-state index in [1.807, 2.05) is 0 Å². The summed E-state index contributed by atoms with van der Waals surface area (Å²) in [5, 5.41) is 22.5. The molecule has 1 aromatic rings. The molecular weight excluding hydrogens is 238 g/mol. The van der Waals surface area contributed by atoms with Gasteiger partial charge in [-0.25, -0.2) is 0 Å². The van der Waals surface area contributed by atoms with Crippen LogP contribution in [0.15, 0.2) is 23.3 Å². The molecule has 0 heterocycles. The van der Waals surface area contributed by atoms with E-state index in [-0.39, 0.29) is 12.1 Å². The van der Waals surface area contributed by atoms with Gasteiger partial charge in [-0.15, -0.1) is 0 Å². The highest BCUT2D eigenvalue weighted by Crippen LogP contribution is 2.24. The number of carbonyl (C=O) groups is 1. The normalized spacial score (nSPS) is 13.3. The van der Waals surface area contributed by atoms with Crippen molar-refractivity contribution in [3.63, 3.8) is 0 Å². The number of hydrogen-bond donors (Lipinski definition) is 2. The summed E-state index contributed by atoms with van der Waals surface area (Å²) in [7, 11) is 1.43. The highest BCUT2D eigenvalue weighted by atomic mass is 16.5. The van der Waals surface area contributed by atoms with Gasteiger partial charge in [-0.05, 0) is 23.2 Å². The van der Waals surface area contributed by atoms with Crippen molar-refractivity contribution < 1.29 is 19.7 Å². The minimum atomic E-state index is -1.24. The average Bonchev–Trinajstić information content (AvgIpc) is 2.42. The summed E-state index contributed by atoms with van der Waals surface area (Å²) >= 11 is 0. The maximum absolute atomic E-state index is 10.8. The molecule has 0 amide bonds. The number of hydrogen-bond acceptors (Lipinski definition) is 5. The average molecular weight is 251 g/mol. The molecule has 2 N–H and O–H groups in total. The van der Waals surface area contributed by atoms with E-state index in [1.54, 1.807) is 0 Å². The van der Waals surface area contributed by atoms with Gasteiger partial charge in [-0.3, -0.25) is 4.79 Å². The minimum Gasteiger partial charge on any atom is -0.496 e. The Morgan fingerprint density at radius 2 is 2.28 bits per heavy atom. The highest BCUT2D eigenvalue weighted by molar-refractivity contribution is 5.79. The molecule has 18 heavy (non-hydrogen) atoms. The predicted molar refractivity (Wildman–Crippen MR) is 63.4 cm³/mol. The van der Waals surface area contributed by atoms with Crippen LogP contribution in [0.2, 0.25) is 0 Å². The summed E-state index contributed by atoms with van der Waals surface area (Å²) < 4.78 is 4.95. The monoisotopic (exact) mass is 251 g/mol. The number of ether oxygens (including phenoxy) is 1. The van der Waals surface area contributed by atoms with Crippen LogP contribution in [-0.4, -0.2) is 36.3 Å². The Balaban J connectivity index is 2.95. The third-order valence-electron chi connectivity index (χ3n) is 2.42. The lowest BCUT2D eigenvalue weighted by Crippen LogP contribution is -2.21. The van der Waals surface area contributed by atoms with Gasteiger partial charge in [0.1, 0.15) is 11.9 Å². The summed E-state index contributed by atoms with van der Waals surface area (Å²) in [6.45, 7) is -0.250. The lowest BCUT2D eigenvalue weighted by atomic mass is 10.0. The number of benzene rings is 1. The third-order valence-corrected chi connectivity index (χ3v) is 2.42. The van der Waals surface area contributed by atoms with Crippen LogP contribution < -0.4 is 4.74 Å². The molecule has 0 aromatic heterocycles. The van der Waals surface area contributed by atoms with E-state index in [2.05, 4.69) is 10.0 Å². The highest BCUT2D eigenvalue weighted by Gasteiger charge is 2.18. The number of azide groups is 1. The molecule has 0 aliphatic carbocycles. The molecule has 7 nitrogen and oxygen atoms in total.